The Kier molecular flexibility index (Phi) is 3.69. The molecule has 3 nitrogen and oxygen atoms in total. The molecule has 2 saturated heterocycles. The van der Waals surface area contributed by atoms with Gasteiger partial charge in [-0.3, -0.25) is 4.90 Å². The van der Waals surface area contributed by atoms with Gasteiger partial charge in [0.2, 0.25) is 0 Å². The fourth-order valence-electron chi connectivity index (χ4n) is 4.20. The van der Waals surface area contributed by atoms with Gasteiger partial charge in [-0.25, -0.2) is 0 Å². The van der Waals surface area contributed by atoms with Gasteiger partial charge in [0.05, 0.1) is 0 Å². The predicted octanol–water partition coefficient (Wildman–Crippen LogP) is 1.20. The van der Waals surface area contributed by atoms with Crippen LogP contribution in [0.2, 0.25) is 0 Å². The van der Waals surface area contributed by atoms with E-state index < -0.39 is 0 Å². The summed E-state index contributed by atoms with van der Waals surface area (Å²) in [4.78, 5) is 2.77. The van der Waals surface area contributed by atoms with Crippen molar-refractivity contribution in [1.82, 2.24) is 15.5 Å². The normalized spacial score (nSPS) is 44.3. The van der Waals surface area contributed by atoms with Crippen LogP contribution in [0.3, 0.4) is 0 Å². The minimum atomic E-state index is 0.748. The third-order valence-electron chi connectivity index (χ3n) is 5.08. The molecule has 0 amide bonds. The molecule has 2 heterocycles. The molecule has 1 aliphatic carbocycles. The van der Waals surface area contributed by atoms with E-state index in [1.807, 2.05) is 0 Å². The lowest BCUT2D eigenvalue weighted by Crippen LogP contribution is -2.59. The maximum atomic E-state index is 3.85. The lowest BCUT2D eigenvalue weighted by molar-refractivity contribution is 0.0455. The number of piperazine rings is 1. The van der Waals surface area contributed by atoms with Gasteiger partial charge in [-0.15, -0.1) is 0 Å². The molecule has 0 radical (unpaired) electrons. The Morgan fingerprint density at radius 2 is 1.82 bits per heavy atom. The zero-order valence-corrected chi connectivity index (χ0v) is 11.1. The average molecular weight is 237 g/mol. The highest BCUT2D eigenvalue weighted by Gasteiger charge is 2.39. The van der Waals surface area contributed by atoms with Gasteiger partial charge in [-0.1, -0.05) is 6.42 Å². The van der Waals surface area contributed by atoms with Crippen molar-refractivity contribution in [3.8, 4) is 0 Å². The van der Waals surface area contributed by atoms with Crippen molar-refractivity contribution in [2.75, 3.05) is 26.2 Å². The molecule has 17 heavy (non-hydrogen) atoms. The second-order valence-corrected chi connectivity index (χ2v) is 6.20. The van der Waals surface area contributed by atoms with E-state index in [4.69, 9.17) is 0 Å². The van der Waals surface area contributed by atoms with Crippen LogP contribution in [-0.4, -0.2) is 49.2 Å². The first-order valence-electron chi connectivity index (χ1n) is 7.55. The van der Waals surface area contributed by atoms with Crippen LogP contribution in [-0.2, 0) is 0 Å². The molecule has 4 atom stereocenters. The van der Waals surface area contributed by atoms with Crippen LogP contribution < -0.4 is 10.6 Å². The summed E-state index contributed by atoms with van der Waals surface area (Å²) in [5.41, 5.74) is 0. The number of hydrogen-bond acceptors (Lipinski definition) is 3. The van der Waals surface area contributed by atoms with E-state index >= 15 is 0 Å². The van der Waals surface area contributed by atoms with Crippen LogP contribution in [0.1, 0.15) is 39.0 Å². The SMILES string of the molecule is CC1CCC2C(CCCC2N2CCNCC2)N1. The van der Waals surface area contributed by atoms with Crippen LogP contribution in [0.5, 0.6) is 0 Å². The monoisotopic (exact) mass is 237 g/mol. The first-order valence-corrected chi connectivity index (χ1v) is 7.55. The summed E-state index contributed by atoms with van der Waals surface area (Å²) in [5, 5.41) is 7.32. The molecule has 0 aromatic carbocycles. The zero-order valence-electron chi connectivity index (χ0n) is 11.1. The van der Waals surface area contributed by atoms with Crippen molar-refractivity contribution < 1.29 is 0 Å². The maximum Gasteiger partial charge on any atom is 0.0139 e. The number of nitrogens with zero attached hydrogens (tertiary/aromatic N) is 1. The van der Waals surface area contributed by atoms with Crippen molar-refractivity contribution in [1.29, 1.82) is 0 Å². The van der Waals surface area contributed by atoms with Crippen molar-refractivity contribution in [2.24, 2.45) is 5.92 Å². The molecule has 3 heteroatoms. The molecule has 3 rings (SSSR count). The van der Waals surface area contributed by atoms with Gasteiger partial charge < -0.3 is 10.6 Å². The van der Waals surface area contributed by atoms with E-state index in [0.717, 1.165) is 24.0 Å². The molecule has 2 aliphatic heterocycles. The van der Waals surface area contributed by atoms with Crippen molar-refractivity contribution in [3.63, 3.8) is 0 Å². The molecule has 3 fully saturated rings. The maximum absolute atomic E-state index is 3.85. The summed E-state index contributed by atoms with van der Waals surface area (Å²) >= 11 is 0. The molecule has 0 spiro atoms. The fourth-order valence-corrected chi connectivity index (χ4v) is 4.20. The summed E-state index contributed by atoms with van der Waals surface area (Å²) in [6.07, 6.45) is 7.11. The van der Waals surface area contributed by atoms with E-state index in [0.29, 0.717) is 0 Å². The van der Waals surface area contributed by atoms with Gasteiger partial charge in [0.1, 0.15) is 0 Å². The van der Waals surface area contributed by atoms with Gasteiger partial charge in [0, 0.05) is 44.3 Å². The summed E-state index contributed by atoms with van der Waals surface area (Å²) in [5.74, 6) is 0.929. The first-order chi connectivity index (χ1) is 8.34. The van der Waals surface area contributed by atoms with Gasteiger partial charge in [0.25, 0.3) is 0 Å². The molecule has 0 aromatic rings. The Bertz CT molecular complexity index is 250. The minimum Gasteiger partial charge on any atom is -0.314 e. The van der Waals surface area contributed by atoms with Crippen molar-refractivity contribution in [3.05, 3.63) is 0 Å². The van der Waals surface area contributed by atoms with E-state index in [2.05, 4.69) is 22.5 Å². The Balaban J connectivity index is 1.66. The van der Waals surface area contributed by atoms with Crippen LogP contribution in [0.4, 0.5) is 0 Å². The fraction of sp³-hybridized carbons (Fsp3) is 1.00. The highest BCUT2D eigenvalue weighted by molar-refractivity contribution is 4.96. The highest BCUT2D eigenvalue weighted by Crippen LogP contribution is 2.35. The molecule has 3 aliphatic rings. The number of nitrogens with one attached hydrogen (secondary N) is 2. The highest BCUT2D eigenvalue weighted by atomic mass is 15.2. The summed E-state index contributed by atoms with van der Waals surface area (Å²) < 4.78 is 0. The van der Waals surface area contributed by atoms with E-state index in [1.54, 1.807) is 0 Å². The van der Waals surface area contributed by atoms with Crippen molar-refractivity contribution >= 4 is 0 Å². The topological polar surface area (TPSA) is 27.3 Å². The third kappa shape index (κ3) is 2.51. The van der Waals surface area contributed by atoms with Crippen LogP contribution in [0.15, 0.2) is 0 Å². The molecule has 98 valence electrons. The summed E-state index contributed by atoms with van der Waals surface area (Å²) in [7, 11) is 0. The third-order valence-corrected chi connectivity index (χ3v) is 5.08. The molecule has 1 saturated carbocycles. The molecule has 0 aromatic heterocycles. The van der Waals surface area contributed by atoms with Crippen LogP contribution in [0.25, 0.3) is 0 Å². The van der Waals surface area contributed by atoms with Gasteiger partial charge >= 0.3 is 0 Å². The largest absolute Gasteiger partial charge is 0.314 e. The summed E-state index contributed by atoms with van der Waals surface area (Å²) in [6, 6.07) is 2.43. The van der Waals surface area contributed by atoms with E-state index in [9.17, 15) is 0 Å². The average Bonchev–Trinajstić information content (AvgIpc) is 2.39. The summed E-state index contributed by atoms with van der Waals surface area (Å²) in [6.45, 7) is 7.27. The van der Waals surface area contributed by atoms with Gasteiger partial charge in [-0.05, 0) is 38.5 Å². The second kappa shape index (κ2) is 5.25. The van der Waals surface area contributed by atoms with Crippen LogP contribution in [0, 0.1) is 5.92 Å². The minimum absolute atomic E-state index is 0.748. The van der Waals surface area contributed by atoms with Crippen molar-refractivity contribution in [2.45, 2.75) is 57.2 Å². The molecule has 4 unspecified atom stereocenters. The van der Waals surface area contributed by atoms with E-state index in [1.165, 1.54) is 58.3 Å². The standard InChI is InChI=1S/C14H27N3/c1-11-5-6-12-13(16-11)3-2-4-14(12)17-9-7-15-8-10-17/h11-16H,2-10H2,1H3. The predicted molar refractivity (Wildman–Crippen MR) is 71.2 cm³/mol. The zero-order chi connectivity index (χ0) is 11.7. The number of fused-ring (bicyclic) bond motifs is 1. The Hall–Kier alpha value is -0.120. The molecular weight excluding hydrogens is 210 g/mol. The second-order valence-electron chi connectivity index (χ2n) is 6.20. The number of piperidine rings is 1. The lowest BCUT2D eigenvalue weighted by atomic mass is 9.74. The number of hydrogen-bond donors (Lipinski definition) is 2. The van der Waals surface area contributed by atoms with Crippen LogP contribution >= 0.6 is 0 Å². The van der Waals surface area contributed by atoms with Gasteiger partial charge in [0.15, 0.2) is 0 Å². The Morgan fingerprint density at radius 3 is 2.65 bits per heavy atom. The number of rotatable bonds is 1. The molecule has 2 N–H and O–H groups in total. The Morgan fingerprint density at radius 1 is 1.00 bits per heavy atom. The first kappa shape index (κ1) is 11.9. The van der Waals surface area contributed by atoms with E-state index in [-0.39, 0.29) is 0 Å². The lowest BCUT2D eigenvalue weighted by Gasteiger charge is -2.49. The smallest absolute Gasteiger partial charge is 0.0139 e. The Labute approximate surface area is 105 Å². The van der Waals surface area contributed by atoms with Gasteiger partial charge in [-0.2, -0.15) is 0 Å². The molecule has 0 bridgehead atoms. The molecular formula is C14H27N3. The quantitative estimate of drug-likeness (QED) is 0.717.